The van der Waals surface area contributed by atoms with Crippen LogP contribution >= 0.6 is 0 Å². The van der Waals surface area contributed by atoms with E-state index < -0.39 is 5.60 Å². The molecule has 0 radical (unpaired) electrons. The number of hydrogen-bond donors (Lipinski definition) is 0. The summed E-state index contributed by atoms with van der Waals surface area (Å²) in [6.45, 7) is 2.06. The van der Waals surface area contributed by atoms with Crippen LogP contribution in [0.5, 0.6) is 5.75 Å². The fourth-order valence-corrected chi connectivity index (χ4v) is 2.59. The zero-order valence-corrected chi connectivity index (χ0v) is 11.5. The smallest absolute Gasteiger partial charge is 0.197 e. The number of ether oxygens (including phenoxy) is 1. The minimum atomic E-state index is -0.661. The van der Waals surface area contributed by atoms with Gasteiger partial charge in [0.2, 0.25) is 0 Å². The Morgan fingerprint density at radius 3 is 2.58 bits per heavy atom. The van der Waals surface area contributed by atoms with Crippen molar-refractivity contribution in [2.24, 2.45) is 4.99 Å². The van der Waals surface area contributed by atoms with Crippen molar-refractivity contribution in [3.8, 4) is 5.75 Å². The van der Waals surface area contributed by atoms with Crippen LogP contribution in [-0.4, -0.2) is 24.1 Å². The zero-order valence-electron chi connectivity index (χ0n) is 11.5. The van der Waals surface area contributed by atoms with Gasteiger partial charge in [0.05, 0.1) is 0 Å². The fraction of sp³-hybridized carbons (Fsp3) is 0.500. The number of carbonyl (C=O) groups excluding carboxylic acids is 1. The molecule has 19 heavy (non-hydrogen) atoms. The molecule has 0 unspecified atom stereocenters. The van der Waals surface area contributed by atoms with Crippen molar-refractivity contribution < 1.29 is 9.53 Å². The van der Waals surface area contributed by atoms with Crippen LogP contribution in [0.3, 0.4) is 0 Å². The maximum absolute atomic E-state index is 12.4. The van der Waals surface area contributed by atoms with E-state index in [1.54, 1.807) is 6.21 Å². The Kier molecular flexibility index (Phi) is 4.72. The quantitative estimate of drug-likeness (QED) is 0.760. The van der Waals surface area contributed by atoms with E-state index in [2.05, 4.69) is 4.99 Å². The first-order chi connectivity index (χ1) is 9.27. The van der Waals surface area contributed by atoms with E-state index >= 15 is 0 Å². The van der Waals surface area contributed by atoms with Gasteiger partial charge in [0.15, 0.2) is 11.4 Å². The summed E-state index contributed by atoms with van der Waals surface area (Å²) < 4.78 is 6.08. The summed E-state index contributed by atoms with van der Waals surface area (Å²) in [5, 5.41) is 0. The van der Waals surface area contributed by atoms with E-state index in [0.29, 0.717) is 0 Å². The van der Waals surface area contributed by atoms with Gasteiger partial charge in [-0.05, 0) is 51.0 Å². The Morgan fingerprint density at radius 1 is 1.26 bits per heavy atom. The van der Waals surface area contributed by atoms with E-state index in [1.807, 2.05) is 37.3 Å². The van der Waals surface area contributed by atoms with Crippen LogP contribution in [0.4, 0.5) is 0 Å². The standard InChI is InChI=1S/C16H21NO2/c1-2-17-13-15(18)16(11-7-4-8-12-16)19-14-9-5-3-6-10-14/h2-3,5-6,9-10H,4,7-8,11-13H2,1H3. The topological polar surface area (TPSA) is 38.7 Å². The number of nitrogens with zero attached hydrogens (tertiary/aromatic N) is 1. The maximum Gasteiger partial charge on any atom is 0.197 e. The third kappa shape index (κ3) is 3.43. The molecular weight excluding hydrogens is 238 g/mol. The Labute approximate surface area is 114 Å². The summed E-state index contributed by atoms with van der Waals surface area (Å²) in [6, 6.07) is 9.63. The van der Waals surface area contributed by atoms with Crippen LogP contribution in [0.25, 0.3) is 0 Å². The molecular formula is C16H21NO2. The summed E-state index contributed by atoms with van der Waals surface area (Å²) in [5.41, 5.74) is -0.661. The molecule has 3 heteroatoms. The number of benzene rings is 1. The average Bonchev–Trinajstić information content (AvgIpc) is 2.46. The van der Waals surface area contributed by atoms with Crippen molar-refractivity contribution in [3.63, 3.8) is 0 Å². The number of Topliss-reactive ketones (excluding diaryl/α,β-unsaturated/α-hetero) is 1. The summed E-state index contributed by atoms with van der Waals surface area (Å²) in [7, 11) is 0. The Bertz CT molecular complexity index is 433. The summed E-state index contributed by atoms with van der Waals surface area (Å²) in [5.74, 6) is 0.882. The molecule has 1 aromatic rings. The highest BCUT2D eigenvalue weighted by Gasteiger charge is 2.41. The first-order valence-electron chi connectivity index (χ1n) is 6.99. The van der Waals surface area contributed by atoms with Crippen LogP contribution in [0.1, 0.15) is 39.0 Å². The lowest BCUT2D eigenvalue weighted by Gasteiger charge is -2.36. The van der Waals surface area contributed by atoms with Crippen molar-refractivity contribution in [1.29, 1.82) is 0 Å². The van der Waals surface area contributed by atoms with Gasteiger partial charge in [-0.15, -0.1) is 0 Å². The van der Waals surface area contributed by atoms with Gasteiger partial charge in [-0.3, -0.25) is 9.79 Å². The molecule has 0 amide bonds. The SMILES string of the molecule is CC=NCC(=O)C1(Oc2ccccc2)CCCCC1. The van der Waals surface area contributed by atoms with Gasteiger partial charge in [-0.2, -0.15) is 0 Å². The van der Waals surface area contributed by atoms with Crippen LogP contribution in [0, 0.1) is 0 Å². The lowest BCUT2D eigenvalue weighted by molar-refractivity contribution is -0.135. The first kappa shape index (κ1) is 13.8. The van der Waals surface area contributed by atoms with Gasteiger partial charge in [0, 0.05) is 0 Å². The van der Waals surface area contributed by atoms with Gasteiger partial charge < -0.3 is 4.74 Å². The van der Waals surface area contributed by atoms with Gasteiger partial charge >= 0.3 is 0 Å². The summed E-state index contributed by atoms with van der Waals surface area (Å²) >= 11 is 0. The molecule has 0 aromatic heterocycles. The molecule has 0 spiro atoms. The van der Waals surface area contributed by atoms with E-state index in [-0.39, 0.29) is 12.3 Å². The predicted octanol–water partition coefficient (Wildman–Crippen LogP) is 3.43. The van der Waals surface area contributed by atoms with Gasteiger partial charge in [0.1, 0.15) is 12.3 Å². The summed E-state index contributed by atoms with van der Waals surface area (Å²) in [4.78, 5) is 16.5. The lowest BCUT2D eigenvalue weighted by atomic mass is 9.81. The molecule has 1 aliphatic rings. The first-order valence-corrected chi connectivity index (χ1v) is 6.99. The van der Waals surface area contributed by atoms with Crippen molar-refractivity contribution in [3.05, 3.63) is 30.3 Å². The third-order valence-electron chi connectivity index (χ3n) is 3.64. The fourth-order valence-electron chi connectivity index (χ4n) is 2.59. The average molecular weight is 259 g/mol. The second-order valence-electron chi connectivity index (χ2n) is 4.99. The van der Waals surface area contributed by atoms with E-state index in [9.17, 15) is 4.79 Å². The number of ketones is 1. The lowest BCUT2D eigenvalue weighted by Crippen LogP contribution is -2.47. The Balaban J connectivity index is 2.16. The van der Waals surface area contributed by atoms with Crippen LogP contribution < -0.4 is 4.74 Å². The van der Waals surface area contributed by atoms with E-state index in [0.717, 1.165) is 31.4 Å². The predicted molar refractivity (Wildman–Crippen MR) is 76.9 cm³/mol. The molecule has 0 atom stereocenters. The molecule has 2 rings (SSSR count). The van der Waals surface area contributed by atoms with Gasteiger partial charge in [-0.25, -0.2) is 0 Å². The van der Waals surface area contributed by atoms with Gasteiger partial charge in [-0.1, -0.05) is 24.6 Å². The molecule has 0 aliphatic heterocycles. The van der Waals surface area contributed by atoms with Crippen molar-refractivity contribution in [2.45, 2.75) is 44.6 Å². The zero-order chi connectivity index (χ0) is 13.6. The highest BCUT2D eigenvalue weighted by Crippen LogP contribution is 2.34. The van der Waals surface area contributed by atoms with Crippen molar-refractivity contribution >= 4 is 12.0 Å². The maximum atomic E-state index is 12.4. The molecule has 0 bridgehead atoms. The second kappa shape index (κ2) is 6.50. The molecule has 0 saturated heterocycles. The molecule has 0 heterocycles. The molecule has 0 N–H and O–H groups in total. The van der Waals surface area contributed by atoms with Crippen molar-refractivity contribution in [1.82, 2.24) is 0 Å². The molecule has 1 saturated carbocycles. The number of hydrogen-bond acceptors (Lipinski definition) is 3. The van der Waals surface area contributed by atoms with Crippen LogP contribution in [0.15, 0.2) is 35.3 Å². The van der Waals surface area contributed by atoms with Crippen molar-refractivity contribution in [2.75, 3.05) is 6.54 Å². The third-order valence-corrected chi connectivity index (χ3v) is 3.64. The number of para-hydroxylation sites is 1. The monoisotopic (exact) mass is 259 g/mol. The molecule has 1 aliphatic carbocycles. The number of aliphatic imine (C=N–C) groups is 1. The largest absolute Gasteiger partial charge is 0.479 e. The highest BCUT2D eigenvalue weighted by atomic mass is 16.5. The second-order valence-corrected chi connectivity index (χ2v) is 4.99. The Hall–Kier alpha value is -1.64. The number of rotatable bonds is 5. The minimum absolute atomic E-state index is 0.106. The summed E-state index contributed by atoms with van der Waals surface area (Å²) in [6.07, 6.45) is 6.57. The van der Waals surface area contributed by atoms with Crippen LogP contribution in [0.2, 0.25) is 0 Å². The number of carbonyl (C=O) groups is 1. The van der Waals surface area contributed by atoms with E-state index in [4.69, 9.17) is 4.74 Å². The Morgan fingerprint density at radius 2 is 1.95 bits per heavy atom. The molecule has 1 aromatic carbocycles. The van der Waals surface area contributed by atoms with E-state index in [1.165, 1.54) is 6.42 Å². The normalized spacial score (nSPS) is 18.4. The van der Waals surface area contributed by atoms with Gasteiger partial charge in [0.25, 0.3) is 0 Å². The molecule has 1 fully saturated rings. The minimum Gasteiger partial charge on any atom is -0.479 e. The van der Waals surface area contributed by atoms with Crippen LogP contribution in [-0.2, 0) is 4.79 Å². The molecule has 102 valence electrons. The highest BCUT2D eigenvalue weighted by molar-refractivity contribution is 5.90. The molecule has 3 nitrogen and oxygen atoms in total.